The normalized spacial score (nSPS) is 37.4. The first-order valence-electron chi connectivity index (χ1n) is 9.18. The molecule has 25 heavy (non-hydrogen) atoms. The minimum absolute atomic E-state index is 0.0513. The zero-order chi connectivity index (χ0) is 18.4. The molecule has 3 atom stereocenters. The van der Waals surface area contributed by atoms with Crippen LogP contribution in [0.25, 0.3) is 0 Å². The highest BCUT2D eigenvalue weighted by atomic mass is 16.7. The summed E-state index contributed by atoms with van der Waals surface area (Å²) in [5.41, 5.74) is 2.94. The largest absolute Gasteiger partial charge is 0.367 e. The Labute approximate surface area is 151 Å². The number of methoxy groups -OCH3 is 1. The lowest BCUT2D eigenvalue weighted by molar-refractivity contribution is -0.148. The molecular weight excluding hydrogens is 316 g/mol. The van der Waals surface area contributed by atoms with Crippen LogP contribution in [0.4, 0.5) is 0 Å². The molecule has 140 valence electrons. The van der Waals surface area contributed by atoms with Crippen LogP contribution in [0.1, 0.15) is 59.8 Å². The molecule has 2 bridgehead atoms. The molecule has 0 aromatic rings. The van der Waals surface area contributed by atoms with Gasteiger partial charge in [-0.1, -0.05) is 29.4 Å². The third kappa shape index (κ3) is 5.37. The topological polar surface area (TPSA) is 44.8 Å². The second-order valence-corrected chi connectivity index (χ2v) is 7.50. The average molecular weight is 348 g/mol. The summed E-state index contributed by atoms with van der Waals surface area (Å²) >= 11 is 0. The van der Waals surface area contributed by atoms with E-state index in [1.165, 1.54) is 11.1 Å². The number of allylic oxidation sites excluding steroid dienone is 5. The van der Waals surface area contributed by atoms with Gasteiger partial charge in [-0.2, -0.15) is 0 Å². The lowest BCUT2D eigenvalue weighted by Crippen LogP contribution is -2.38. The first-order valence-corrected chi connectivity index (χ1v) is 9.18. The second kappa shape index (κ2) is 8.93. The molecule has 0 aliphatic carbocycles. The van der Waals surface area contributed by atoms with Crippen LogP contribution in [0.5, 0.6) is 0 Å². The van der Waals surface area contributed by atoms with Gasteiger partial charge in [0.25, 0.3) is 0 Å². The van der Waals surface area contributed by atoms with E-state index in [1.54, 1.807) is 14.0 Å². The van der Waals surface area contributed by atoms with Crippen molar-refractivity contribution >= 4 is 5.78 Å². The number of Topliss-reactive ketones (excluding diaryl/α,β-unsaturated/α-hetero) is 1. The molecule has 0 unspecified atom stereocenters. The van der Waals surface area contributed by atoms with Crippen molar-refractivity contribution in [3.63, 3.8) is 0 Å². The molecule has 0 amide bonds. The van der Waals surface area contributed by atoms with Crippen LogP contribution in [0.3, 0.4) is 0 Å². The Morgan fingerprint density at radius 1 is 1.28 bits per heavy atom. The Bertz CT molecular complexity index is 572. The van der Waals surface area contributed by atoms with Crippen molar-refractivity contribution in [2.24, 2.45) is 0 Å². The van der Waals surface area contributed by atoms with E-state index < -0.39 is 5.60 Å². The van der Waals surface area contributed by atoms with Gasteiger partial charge in [-0.15, -0.1) is 0 Å². The smallest absolute Gasteiger partial charge is 0.158 e. The molecule has 4 nitrogen and oxygen atoms in total. The van der Waals surface area contributed by atoms with Gasteiger partial charge in [-0.05, 0) is 53.4 Å². The molecule has 1 saturated heterocycles. The maximum absolute atomic E-state index is 12.2. The summed E-state index contributed by atoms with van der Waals surface area (Å²) in [6.45, 7) is 8.21. The molecule has 0 radical (unpaired) electrons. The number of ketones is 1. The maximum atomic E-state index is 12.2. The summed E-state index contributed by atoms with van der Waals surface area (Å²) in [5.74, 6) is 0.0629. The monoisotopic (exact) mass is 348 g/mol. The van der Waals surface area contributed by atoms with Gasteiger partial charge in [-0.25, -0.2) is 0 Å². The van der Waals surface area contributed by atoms with E-state index in [2.05, 4.69) is 32.9 Å². The zero-order valence-corrected chi connectivity index (χ0v) is 16.3. The van der Waals surface area contributed by atoms with Crippen molar-refractivity contribution < 1.29 is 19.0 Å². The quantitative estimate of drug-likeness (QED) is 0.554. The molecule has 0 aromatic heterocycles. The lowest BCUT2D eigenvalue weighted by Gasteiger charge is -2.29. The van der Waals surface area contributed by atoms with E-state index in [4.69, 9.17) is 14.2 Å². The summed E-state index contributed by atoms with van der Waals surface area (Å²) in [6, 6.07) is 0. The maximum Gasteiger partial charge on any atom is 0.158 e. The number of fused-ring (bicyclic) bond motifs is 2. The first-order chi connectivity index (χ1) is 11.9. The lowest BCUT2D eigenvalue weighted by atomic mass is 9.89. The van der Waals surface area contributed by atoms with Crippen molar-refractivity contribution in [3.8, 4) is 0 Å². The van der Waals surface area contributed by atoms with Gasteiger partial charge in [0, 0.05) is 19.1 Å². The van der Waals surface area contributed by atoms with Gasteiger partial charge in [0.1, 0.15) is 6.79 Å². The Hall–Kier alpha value is -1.23. The minimum Gasteiger partial charge on any atom is -0.367 e. The molecule has 2 aliphatic rings. The molecule has 0 aromatic carbocycles. The molecule has 1 fully saturated rings. The highest BCUT2D eigenvalue weighted by Gasteiger charge is 2.47. The van der Waals surface area contributed by atoms with Crippen LogP contribution in [0, 0.1) is 0 Å². The fourth-order valence-corrected chi connectivity index (χ4v) is 3.57. The van der Waals surface area contributed by atoms with E-state index >= 15 is 0 Å². The highest BCUT2D eigenvalue weighted by molar-refractivity contribution is 5.94. The van der Waals surface area contributed by atoms with E-state index in [1.807, 2.05) is 6.08 Å². The Kier molecular flexibility index (Phi) is 7.17. The fourth-order valence-electron chi connectivity index (χ4n) is 3.57. The molecule has 0 N–H and O–H groups in total. The Morgan fingerprint density at radius 3 is 2.72 bits per heavy atom. The van der Waals surface area contributed by atoms with Crippen LogP contribution in [0.2, 0.25) is 0 Å². The summed E-state index contributed by atoms with van der Waals surface area (Å²) in [7, 11) is 1.62. The van der Waals surface area contributed by atoms with Gasteiger partial charge < -0.3 is 14.2 Å². The highest BCUT2D eigenvalue weighted by Crippen LogP contribution is 2.39. The van der Waals surface area contributed by atoms with E-state index in [-0.39, 0.29) is 24.8 Å². The Morgan fingerprint density at radius 2 is 2.04 bits per heavy atom. The summed E-state index contributed by atoms with van der Waals surface area (Å²) in [5, 5.41) is 0. The van der Waals surface area contributed by atoms with Crippen LogP contribution < -0.4 is 0 Å². The van der Waals surface area contributed by atoms with Gasteiger partial charge in [0.2, 0.25) is 0 Å². The van der Waals surface area contributed by atoms with Crippen molar-refractivity contribution in [1.29, 1.82) is 0 Å². The van der Waals surface area contributed by atoms with Crippen molar-refractivity contribution in [2.45, 2.75) is 77.6 Å². The predicted molar refractivity (Wildman–Crippen MR) is 99.4 cm³/mol. The van der Waals surface area contributed by atoms with E-state index in [0.29, 0.717) is 6.42 Å². The van der Waals surface area contributed by atoms with Gasteiger partial charge in [0.15, 0.2) is 5.78 Å². The number of hydrogen-bond donors (Lipinski definition) is 0. The van der Waals surface area contributed by atoms with Crippen molar-refractivity contribution in [3.05, 3.63) is 34.9 Å². The first kappa shape index (κ1) is 20.1. The molecular formula is C21H32O4. The van der Waals surface area contributed by atoms with Crippen LogP contribution in [-0.2, 0) is 19.0 Å². The van der Waals surface area contributed by atoms with Crippen molar-refractivity contribution in [2.75, 3.05) is 13.9 Å². The zero-order valence-electron chi connectivity index (χ0n) is 16.3. The predicted octanol–water partition coefficient (Wildman–Crippen LogP) is 4.51. The van der Waals surface area contributed by atoms with E-state index in [9.17, 15) is 4.79 Å². The average Bonchev–Trinajstić information content (AvgIpc) is 2.87. The molecule has 4 heteroatoms. The number of carbonyl (C=O) groups is 1. The SMILES string of the molecule is COCO[C@]1(C)C[C@@H]2O[C@H]1CC/C(C)=C/CC/C(C)=C/C=C\2C(C)=O. The third-order valence-corrected chi connectivity index (χ3v) is 5.24. The fraction of sp³-hybridized carbons (Fsp3) is 0.667. The second-order valence-electron chi connectivity index (χ2n) is 7.50. The standard InChI is InChI=1S/C21H32O4/c1-15-7-6-8-16(2)10-12-20-21(4,24-14-23-5)13-19(25-20)18(11-9-15)17(3)22/h8-9,11,19-20H,6-7,10,12-14H2,1-5H3/b15-9+,16-8+,18-11-/t19-,20-,21+/m0/s1. The molecule has 2 heterocycles. The summed E-state index contributed by atoms with van der Waals surface area (Å²) in [6.07, 6.45) is 10.6. The summed E-state index contributed by atoms with van der Waals surface area (Å²) in [4.78, 5) is 12.2. The van der Waals surface area contributed by atoms with Crippen LogP contribution in [-0.4, -0.2) is 37.5 Å². The van der Waals surface area contributed by atoms with Gasteiger partial charge in [-0.3, -0.25) is 4.79 Å². The van der Waals surface area contributed by atoms with Crippen LogP contribution >= 0.6 is 0 Å². The minimum atomic E-state index is -0.446. The van der Waals surface area contributed by atoms with Gasteiger partial charge in [0.05, 0.1) is 17.8 Å². The van der Waals surface area contributed by atoms with E-state index in [0.717, 1.165) is 31.3 Å². The molecule has 0 saturated carbocycles. The van der Waals surface area contributed by atoms with Crippen molar-refractivity contribution in [1.82, 2.24) is 0 Å². The third-order valence-electron chi connectivity index (χ3n) is 5.24. The number of carbonyl (C=O) groups excluding carboxylic acids is 1. The Balaban J connectivity index is 2.34. The number of hydrogen-bond acceptors (Lipinski definition) is 4. The van der Waals surface area contributed by atoms with Crippen LogP contribution in [0.15, 0.2) is 34.9 Å². The summed E-state index contributed by atoms with van der Waals surface area (Å²) < 4.78 is 17.4. The molecule has 2 rings (SSSR count). The molecule has 2 aliphatic heterocycles. The molecule has 0 spiro atoms. The number of ether oxygens (including phenoxy) is 3. The van der Waals surface area contributed by atoms with Gasteiger partial charge >= 0.3 is 0 Å². The number of rotatable bonds is 4.